The molecule has 0 amide bonds. The van der Waals surface area contributed by atoms with E-state index in [4.69, 9.17) is 0 Å². The average Bonchev–Trinajstić information content (AvgIpc) is 3.08. The van der Waals surface area contributed by atoms with Gasteiger partial charge in [-0.25, -0.2) is 0 Å². The van der Waals surface area contributed by atoms with E-state index < -0.39 is 0 Å². The van der Waals surface area contributed by atoms with E-state index in [1.165, 1.54) is 73.5 Å². The van der Waals surface area contributed by atoms with E-state index in [1.807, 2.05) is 6.20 Å². The standard InChI is InChI=1S/C22H28N4/c1-3-12-24(13-4-1)16-18-17-26(25-14-5-2-6-15-25)21-10-9-20-19(22(18)21)8-7-11-23-20/h7-11,17H,1-6,12-16H2. The molecule has 0 N–H and O–H groups in total. The summed E-state index contributed by atoms with van der Waals surface area (Å²) in [5.74, 6) is 0. The summed E-state index contributed by atoms with van der Waals surface area (Å²) in [5, 5.41) is 5.24. The van der Waals surface area contributed by atoms with Gasteiger partial charge in [-0.05, 0) is 69.0 Å². The summed E-state index contributed by atoms with van der Waals surface area (Å²) in [6, 6.07) is 8.78. The van der Waals surface area contributed by atoms with Gasteiger partial charge in [-0.3, -0.25) is 14.6 Å². The highest BCUT2D eigenvalue weighted by Gasteiger charge is 2.20. The van der Waals surface area contributed by atoms with E-state index in [9.17, 15) is 0 Å². The molecule has 5 rings (SSSR count). The molecule has 4 nitrogen and oxygen atoms in total. The molecule has 0 atom stereocenters. The van der Waals surface area contributed by atoms with Gasteiger partial charge in [0.05, 0.1) is 11.0 Å². The van der Waals surface area contributed by atoms with Crippen LogP contribution >= 0.6 is 0 Å². The first-order valence-corrected chi connectivity index (χ1v) is 10.3. The Morgan fingerprint density at radius 3 is 2.42 bits per heavy atom. The van der Waals surface area contributed by atoms with Crippen LogP contribution in [-0.2, 0) is 6.54 Å². The third-order valence-electron chi connectivity index (χ3n) is 6.09. The molecule has 0 saturated carbocycles. The predicted molar refractivity (Wildman–Crippen MR) is 108 cm³/mol. The van der Waals surface area contributed by atoms with Gasteiger partial charge < -0.3 is 5.01 Å². The van der Waals surface area contributed by atoms with Crippen molar-refractivity contribution in [3.05, 3.63) is 42.2 Å². The van der Waals surface area contributed by atoms with Crippen molar-refractivity contribution in [2.75, 3.05) is 31.2 Å². The third kappa shape index (κ3) is 2.86. The summed E-state index contributed by atoms with van der Waals surface area (Å²) >= 11 is 0. The lowest BCUT2D eigenvalue weighted by Crippen LogP contribution is -2.38. The first kappa shape index (κ1) is 16.1. The molecule has 3 aromatic rings. The fourth-order valence-corrected chi connectivity index (χ4v) is 4.76. The van der Waals surface area contributed by atoms with Crippen LogP contribution in [0.3, 0.4) is 0 Å². The molecule has 0 aliphatic carbocycles. The molecule has 4 heterocycles. The van der Waals surface area contributed by atoms with Gasteiger partial charge in [0.25, 0.3) is 0 Å². The molecule has 2 aromatic heterocycles. The second-order valence-electron chi connectivity index (χ2n) is 7.88. The number of pyridine rings is 1. The van der Waals surface area contributed by atoms with Crippen molar-refractivity contribution in [3.63, 3.8) is 0 Å². The second-order valence-corrected chi connectivity index (χ2v) is 7.88. The largest absolute Gasteiger partial charge is 0.313 e. The highest BCUT2D eigenvalue weighted by atomic mass is 15.5. The normalized spacial score (nSPS) is 19.5. The van der Waals surface area contributed by atoms with E-state index >= 15 is 0 Å². The molecule has 1 aromatic carbocycles. The molecule has 2 fully saturated rings. The van der Waals surface area contributed by atoms with Crippen LogP contribution < -0.4 is 5.01 Å². The predicted octanol–water partition coefficient (Wildman–Crippen LogP) is 4.30. The van der Waals surface area contributed by atoms with E-state index in [0.29, 0.717) is 0 Å². The van der Waals surface area contributed by atoms with E-state index in [1.54, 1.807) is 0 Å². The number of likely N-dealkylation sites (tertiary alicyclic amines) is 1. The minimum Gasteiger partial charge on any atom is -0.313 e. The quantitative estimate of drug-likeness (QED) is 0.705. The Balaban J connectivity index is 1.64. The molecule has 2 aliphatic rings. The van der Waals surface area contributed by atoms with Gasteiger partial charge in [0.15, 0.2) is 0 Å². The van der Waals surface area contributed by atoms with Crippen molar-refractivity contribution in [2.45, 2.75) is 45.1 Å². The smallest absolute Gasteiger partial charge is 0.0709 e. The van der Waals surface area contributed by atoms with Gasteiger partial charge in [0, 0.05) is 42.8 Å². The van der Waals surface area contributed by atoms with Crippen LogP contribution in [-0.4, -0.2) is 40.7 Å². The maximum atomic E-state index is 4.60. The minimum absolute atomic E-state index is 1.06. The number of aromatic nitrogens is 2. The van der Waals surface area contributed by atoms with Crippen LogP contribution in [0.1, 0.15) is 44.1 Å². The zero-order valence-electron chi connectivity index (χ0n) is 15.5. The lowest BCUT2D eigenvalue weighted by Gasteiger charge is -2.30. The number of hydrogen-bond acceptors (Lipinski definition) is 3. The molecule has 4 heteroatoms. The van der Waals surface area contributed by atoms with Crippen molar-refractivity contribution in [1.29, 1.82) is 0 Å². The van der Waals surface area contributed by atoms with Gasteiger partial charge in [-0.15, -0.1) is 0 Å². The number of nitrogens with zero attached hydrogens (tertiary/aromatic N) is 4. The van der Waals surface area contributed by atoms with Crippen molar-refractivity contribution < 1.29 is 0 Å². The zero-order valence-corrected chi connectivity index (χ0v) is 15.5. The Bertz CT molecular complexity index is 901. The van der Waals surface area contributed by atoms with Gasteiger partial charge >= 0.3 is 0 Å². The molecular formula is C22H28N4. The number of fused-ring (bicyclic) bond motifs is 3. The Kier molecular flexibility index (Phi) is 4.29. The minimum atomic E-state index is 1.06. The summed E-state index contributed by atoms with van der Waals surface area (Å²) in [7, 11) is 0. The van der Waals surface area contributed by atoms with Gasteiger partial charge in [0.2, 0.25) is 0 Å². The Morgan fingerprint density at radius 1 is 0.846 bits per heavy atom. The molecule has 0 spiro atoms. The summed E-state index contributed by atoms with van der Waals surface area (Å²) < 4.78 is 2.44. The third-order valence-corrected chi connectivity index (χ3v) is 6.09. The van der Waals surface area contributed by atoms with E-state index in [-0.39, 0.29) is 0 Å². The molecule has 2 saturated heterocycles. The molecule has 136 valence electrons. The van der Waals surface area contributed by atoms with E-state index in [0.717, 1.165) is 25.2 Å². The topological polar surface area (TPSA) is 24.3 Å². The monoisotopic (exact) mass is 348 g/mol. The Morgan fingerprint density at radius 2 is 1.62 bits per heavy atom. The molecule has 0 unspecified atom stereocenters. The number of benzene rings is 1. The number of rotatable bonds is 3. The van der Waals surface area contributed by atoms with Crippen LogP contribution in [0.25, 0.3) is 21.8 Å². The van der Waals surface area contributed by atoms with Gasteiger partial charge in [-0.1, -0.05) is 12.5 Å². The molecule has 0 bridgehead atoms. The van der Waals surface area contributed by atoms with Crippen LogP contribution in [0, 0.1) is 0 Å². The SMILES string of the molecule is c1cnc2ccc3c(c(CN4CCCCC4)cn3N3CCCCC3)c2c1. The maximum absolute atomic E-state index is 4.60. The number of piperidine rings is 2. The molecule has 2 aliphatic heterocycles. The van der Waals surface area contributed by atoms with Crippen LogP contribution in [0.5, 0.6) is 0 Å². The average molecular weight is 348 g/mol. The first-order chi connectivity index (χ1) is 12.9. The van der Waals surface area contributed by atoms with Gasteiger partial charge in [0.1, 0.15) is 0 Å². The summed E-state index contributed by atoms with van der Waals surface area (Å²) in [6.45, 7) is 5.86. The molecule has 0 radical (unpaired) electrons. The summed E-state index contributed by atoms with van der Waals surface area (Å²) in [4.78, 5) is 7.24. The highest BCUT2D eigenvalue weighted by molar-refractivity contribution is 6.07. The van der Waals surface area contributed by atoms with Crippen LogP contribution in [0.15, 0.2) is 36.7 Å². The molecular weight excluding hydrogens is 320 g/mol. The van der Waals surface area contributed by atoms with Gasteiger partial charge in [-0.2, -0.15) is 0 Å². The summed E-state index contributed by atoms with van der Waals surface area (Å²) in [5.41, 5.74) is 3.92. The Hall–Kier alpha value is -2.07. The zero-order chi connectivity index (χ0) is 17.3. The molecule has 26 heavy (non-hydrogen) atoms. The van der Waals surface area contributed by atoms with Crippen molar-refractivity contribution in [1.82, 2.24) is 14.6 Å². The fraction of sp³-hybridized carbons (Fsp3) is 0.500. The number of hydrogen-bond donors (Lipinski definition) is 0. The summed E-state index contributed by atoms with van der Waals surface area (Å²) in [6.07, 6.45) is 12.4. The Labute approximate surface area is 155 Å². The van der Waals surface area contributed by atoms with Crippen molar-refractivity contribution in [2.24, 2.45) is 0 Å². The van der Waals surface area contributed by atoms with Crippen LogP contribution in [0.2, 0.25) is 0 Å². The maximum Gasteiger partial charge on any atom is 0.0709 e. The van der Waals surface area contributed by atoms with Crippen molar-refractivity contribution in [3.8, 4) is 0 Å². The second kappa shape index (κ2) is 6.92. The first-order valence-electron chi connectivity index (χ1n) is 10.3. The highest BCUT2D eigenvalue weighted by Crippen LogP contribution is 2.31. The van der Waals surface area contributed by atoms with Crippen molar-refractivity contribution >= 4 is 21.8 Å². The fourth-order valence-electron chi connectivity index (χ4n) is 4.76. The lowest BCUT2D eigenvalue weighted by atomic mass is 10.1. The lowest BCUT2D eigenvalue weighted by molar-refractivity contribution is 0.221. The van der Waals surface area contributed by atoms with E-state index in [2.05, 4.69) is 50.0 Å². The van der Waals surface area contributed by atoms with Crippen LogP contribution in [0.4, 0.5) is 0 Å².